The second-order valence-corrected chi connectivity index (χ2v) is 4.47. The highest BCUT2D eigenvalue weighted by atomic mass is 16.5. The van der Waals surface area contributed by atoms with Gasteiger partial charge in [-0.05, 0) is 24.1 Å². The lowest BCUT2D eigenvalue weighted by Gasteiger charge is -2.01. The van der Waals surface area contributed by atoms with Crippen LogP contribution in [-0.4, -0.2) is 21.7 Å². The molecule has 0 N–H and O–H groups in total. The van der Waals surface area contributed by atoms with Crippen LogP contribution >= 0.6 is 0 Å². The third kappa shape index (κ3) is 2.17. The maximum absolute atomic E-state index is 5.28. The molecule has 0 atom stereocenters. The highest BCUT2D eigenvalue weighted by Crippen LogP contribution is 2.15. The van der Waals surface area contributed by atoms with Gasteiger partial charge in [-0.1, -0.05) is 30.3 Å². The van der Waals surface area contributed by atoms with Crippen LogP contribution < -0.4 is 4.74 Å². The molecule has 3 aromatic rings. The summed E-state index contributed by atoms with van der Waals surface area (Å²) in [5.74, 6) is 1.50. The van der Waals surface area contributed by atoms with Crippen LogP contribution in [0.1, 0.15) is 17.0 Å². The Morgan fingerprint density at radius 3 is 2.74 bits per heavy atom. The maximum atomic E-state index is 5.28. The van der Waals surface area contributed by atoms with Crippen LogP contribution in [0.3, 0.4) is 0 Å². The summed E-state index contributed by atoms with van der Waals surface area (Å²) in [7, 11) is 1.64. The minimum atomic E-state index is 0.695. The average molecular weight is 253 g/mol. The van der Waals surface area contributed by atoms with E-state index in [1.165, 1.54) is 11.1 Å². The summed E-state index contributed by atoms with van der Waals surface area (Å²) >= 11 is 0. The molecule has 0 aliphatic heterocycles. The van der Waals surface area contributed by atoms with Gasteiger partial charge in [-0.15, -0.1) is 5.10 Å². The van der Waals surface area contributed by atoms with E-state index < -0.39 is 0 Å². The zero-order chi connectivity index (χ0) is 13.2. The van der Waals surface area contributed by atoms with E-state index in [0.717, 1.165) is 17.9 Å². The summed E-state index contributed by atoms with van der Waals surface area (Å²) in [5.41, 5.74) is 3.31. The number of benzene rings is 1. The van der Waals surface area contributed by atoms with Gasteiger partial charge in [0.25, 0.3) is 0 Å². The van der Waals surface area contributed by atoms with Crippen molar-refractivity contribution in [1.29, 1.82) is 0 Å². The molecule has 0 aliphatic rings. The van der Waals surface area contributed by atoms with Crippen molar-refractivity contribution in [1.82, 2.24) is 14.6 Å². The summed E-state index contributed by atoms with van der Waals surface area (Å²) in [6.07, 6.45) is 0.734. The molecule has 0 spiro atoms. The number of methoxy groups -OCH3 is 1. The quantitative estimate of drug-likeness (QED) is 0.720. The van der Waals surface area contributed by atoms with Crippen molar-refractivity contribution in [3.63, 3.8) is 0 Å². The van der Waals surface area contributed by atoms with Crippen molar-refractivity contribution in [2.75, 3.05) is 7.11 Å². The normalized spacial score (nSPS) is 10.8. The predicted octanol–water partition coefficient (Wildman–Crippen LogP) is 2.64. The van der Waals surface area contributed by atoms with Gasteiger partial charge in [0, 0.05) is 12.5 Å². The first-order valence-corrected chi connectivity index (χ1v) is 6.21. The summed E-state index contributed by atoms with van der Waals surface area (Å²) in [5, 5.41) is 4.50. The highest BCUT2D eigenvalue weighted by molar-refractivity contribution is 5.41. The van der Waals surface area contributed by atoms with Gasteiger partial charge in [0.05, 0.1) is 7.11 Å². The number of ether oxygens (including phenoxy) is 1. The fourth-order valence-electron chi connectivity index (χ4n) is 2.13. The first-order valence-electron chi connectivity index (χ1n) is 6.21. The average Bonchev–Trinajstić information content (AvgIpc) is 2.83. The number of hydrogen-bond acceptors (Lipinski definition) is 3. The topological polar surface area (TPSA) is 39.4 Å². The molecule has 0 amide bonds. The van der Waals surface area contributed by atoms with Crippen LogP contribution in [0.15, 0.2) is 42.5 Å². The summed E-state index contributed by atoms with van der Waals surface area (Å²) < 4.78 is 7.00. The van der Waals surface area contributed by atoms with Gasteiger partial charge in [0.2, 0.25) is 5.88 Å². The highest BCUT2D eigenvalue weighted by Gasteiger charge is 2.08. The molecule has 2 heterocycles. The third-order valence-corrected chi connectivity index (χ3v) is 3.19. The Bertz CT molecular complexity index is 718. The largest absolute Gasteiger partial charge is 0.481 e. The number of fused-ring (bicyclic) bond motifs is 1. The van der Waals surface area contributed by atoms with Crippen LogP contribution in [0.2, 0.25) is 0 Å². The second-order valence-electron chi connectivity index (χ2n) is 4.47. The van der Waals surface area contributed by atoms with E-state index in [0.29, 0.717) is 5.88 Å². The molecule has 0 radical (unpaired) electrons. The lowest BCUT2D eigenvalue weighted by Crippen LogP contribution is -1.97. The van der Waals surface area contributed by atoms with Crippen molar-refractivity contribution in [2.45, 2.75) is 13.3 Å². The molecule has 0 unspecified atom stereocenters. The van der Waals surface area contributed by atoms with E-state index in [4.69, 9.17) is 4.74 Å². The van der Waals surface area contributed by atoms with E-state index in [-0.39, 0.29) is 0 Å². The lowest BCUT2D eigenvalue weighted by molar-refractivity contribution is 0.385. The van der Waals surface area contributed by atoms with Crippen molar-refractivity contribution in [3.8, 4) is 5.88 Å². The van der Waals surface area contributed by atoms with Gasteiger partial charge in [-0.2, -0.15) is 4.52 Å². The zero-order valence-electron chi connectivity index (χ0n) is 11.0. The van der Waals surface area contributed by atoms with Crippen molar-refractivity contribution in [2.24, 2.45) is 0 Å². The maximum Gasteiger partial charge on any atom is 0.216 e. The van der Waals surface area contributed by atoms with Gasteiger partial charge in [-0.25, -0.2) is 4.98 Å². The Balaban J connectivity index is 2.00. The smallest absolute Gasteiger partial charge is 0.216 e. The fraction of sp³-hybridized carbons (Fsp3) is 0.200. The second kappa shape index (κ2) is 4.72. The number of pyridine rings is 1. The Hall–Kier alpha value is -2.36. The Kier molecular flexibility index (Phi) is 2.91. The van der Waals surface area contributed by atoms with Gasteiger partial charge < -0.3 is 4.74 Å². The molecule has 4 heteroatoms. The predicted molar refractivity (Wildman–Crippen MR) is 73.5 cm³/mol. The molecule has 1 aromatic carbocycles. The molecule has 0 saturated heterocycles. The van der Waals surface area contributed by atoms with Crippen LogP contribution in [0, 0.1) is 6.92 Å². The molecular weight excluding hydrogens is 238 g/mol. The number of aryl methyl sites for hydroxylation is 1. The SMILES string of the molecule is COc1cccc2nc(Cc3ccccc3C)nn12. The molecule has 2 aromatic heterocycles. The monoisotopic (exact) mass is 253 g/mol. The van der Waals surface area contributed by atoms with Gasteiger partial charge >= 0.3 is 0 Å². The number of hydrogen-bond donors (Lipinski definition) is 0. The minimum Gasteiger partial charge on any atom is -0.481 e. The van der Waals surface area contributed by atoms with Crippen LogP contribution in [0.25, 0.3) is 5.65 Å². The molecule has 4 nitrogen and oxygen atoms in total. The first kappa shape index (κ1) is 11.7. The Morgan fingerprint density at radius 2 is 1.95 bits per heavy atom. The van der Waals surface area contributed by atoms with E-state index in [1.54, 1.807) is 11.6 Å². The van der Waals surface area contributed by atoms with Crippen LogP contribution in [0.4, 0.5) is 0 Å². The molecule has 19 heavy (non-hydrogen) atoms. The van der Waals surface area contributed by atoms with Gasteiger partial charge in [0.1, 0.15) is 0 Å². The molecule has 0 aliphatic carbocycles. The van der Waals surface area contributed by atoms with Crippen molar-refractivity contribution in [3.05, 3.63) is 59.4 Å². The van der Waals surface area contributed by atoms with E-state index in [1.807, 2.05) is 30.3 Å². The Morgan fingerprint density at radius 1 is 1.11 bits per heavy atom. The zero-order valence-corrected chi connectivity index (χ0v) is 11.0. The van der Waals surface area contributed by atoms with Gasteiger partial charge in [0.15, 0.2) is 11.5 Å². The lowest BCUT2D eigenvalue weighted by atomic mass is 10.1. The van der Waals surface area contributed by atoms with E-state index in [2.05, 4.69) is 29.1 Å². The molecular formula is C15H15N3O. The number of nitrogens with zero attached hydrogens (tertiary/aromatic N) is 3. The third-order valence-electron chi connectivity index (χ3n) is 3.19. The molecule has 96 valence electrons. The number of aromatic nitrogens is 3. The summed E-state index contributed by atoms with van der Waals surface area (Å²) in [4.78, 5) is 4.53. The number of rotatable bonds is 3. The van der Waals surface area contributed by atoms with E-state index in [9.17, 15) is 0 Å². The van der Waals surface area contributed by atoms with Crippen molar-refractivity contribution < 1.29 is 4.74 Å². The van der Waals surface area contributed by atoms with Crippen LogP contribution in [0.5, 0.6) is 5.88 Å². The molecule has 0 bridgehead atoms. The van der Waals surface area contributed by atoms with E-state index >= 15 is 0 Å². The summed E-state index contributed by atoms with van der Waals surface area (Å²) in [6.45, 7) is 2.10. The Labute approximate surface area is 111 Å². The molecule has 0 fully saturated rings. The molecule has 0 saturated carbocycles. The minimum absolute atomic E-state index is 0.695. The van der Waals surface area contributed by atoms with Crippen LogP contribution in [-0.2, 0) is 6.42 Å². The first-order chi connectivity index (χ1) is 9.28. The fourth-order valence-corrected chi connectivity index (χ4v) is 2.13. The molecule has 3 rings (SSSR count). The van der Waals surface area contributed by atoms with Crippen molar-refractivity contribution >= 4 is 5.65 Å². The van der Waals surface area contributed by atoms with Gasteiger partial charge in [-0.3, -0.25) is 0 Å². The standard InChI is InChI=1S/C15H15N3O/c1-11-6-3-4-7-12(11)10-13-16-14-8-5-9-15(19-2)18(14)17-13/h3-9H,10H2,1-2H3. The summed E-state index contributed by atoms with van der Waals surface area (Å²) in [6, 6.07) is 14.0.